The number of thioether (sulfide) groups is 1. The highest BCUT2D eigenvalue weighted by Gasteiger charge is 2.45. The van der Waals surface area contributed by atoms with E-state index in [4.69, 9.17) is 12.2 Å². The number of amides is 1. The van der Waals surface area contributed by atoms with Crippen LogP contribution >= 0.6 is 39.9 Å². The number of rotatable bonds is 1. The van der Waals surface area contributed by atoms with Crippen molar-refractivity contribution in [2.45, 2.75) is 6.04 Å². The van der Waals surface area contributed by atoms with E-state index >= 15 is 0 Å². The zero-order chi connectivity index (χ0) is 12.0. The Kier molecular flexibility index (Phi) is 2.88. The number of hydrogen-bond acceptors (Lipinski definition) is 3. The van der Waals surface area contributed by atoms with Crippen LogP contribution in [-0.4, -0.2) is 33.6 Å². The number of benzene rings is 1. The van der Waals surface area contributed by atoms with Crippen LogP contribution in [0.2, 0.25) is 0 Å². The lowest BCUT2D eigenvalue weighted by atomic mass is 10.2. The molecule has 1 aromatic carbocycles. The summed E-state index contributed by atoms with van der Waals surface area (Å²) in [6.07, 6.45) is 0. The van der Waals surface area contributed by atoms with Gasteiger partial charge in [-0.2, -0.15) is 0 Å². The third kappa shape index (κ3) is 1.78. The Labute approximate surface area is 117 Å². The Balaban J connectivity index is 1.96. The molecule has 3 rings (SSSR count). The van der Waals surface area contributed by atoms with Crippen molar-refractivity contribution >= 4 is 56.6 Å². The van der Waals surface area contributed by atoms with Crippen molar-refractivity contribution in [3.05, 3.63) is 28.7 Å². The summed E-state index contributed by atoms with van der Waals surface area (Å²) >= 11 is 10.5. The van der Waals surface area contributed by atoms with Crippen molar-refractivity contribution in [1.82, 2.24) is 4.90 Å². The summed E-state index contributed by atoms with van der Waals surface area (Å²) in [7, 11) is 0. The molecule has 0 bridgehead atoms. The van der Waals surface area contributed by atoms with Gasteiger partial charge in [0.05, 0.1) is 11.6 Å². The maximum Gasteiger partial charge on any atom is 0.256 e. The summed E-state index contributed by atoms with van der Waals surface area (Å²) < 4.78 is 0.995. The van der Waals surface area contributed by atoms with Gasteiger partial charge in [0.2, 0.25) is 0 Å². The molecule has 0 saturated carbocycles. The normalized spacial score (nSPS) is 23.5. The number of thiocarbonyl (C=S) groups is 1. The van der Waals surface area contributed by atoms with E-state index in [9.17, 15) is 4.79 Å². The second kappa shape index (κ2) is 4.26. The molecule has 1 aromatic rings. The molecule has 0 unspecified atom stereocenters. The molecule has 6 heteroatoms. The van der Waals surface area contributed by atoms with Crippen LogP contribution in [0.4, 0.5) is 5.69 Å². The largest absolute Gasteiger partial charge is 0.326 e. The predicted molar refractivity (Wildman–Crippen MR) is 77.2 cm³/mol. The van der Waals surface area contributed by atoms with Crippen LogP contribution in [0, 0.1) is 0 Å². The molecule has 88 valence electrons. The van der Waals surface area contributed by atoms with E-state index in [1.807, 2.05) is 29.2 Å². The van der Waals surface area contributed by atoms with Crippen molar-refractivity contribution < 1.29 is 4.79 Å². The molecule has 0 aromatic heterocycles. The Morgan fingerprint density at radius 1 is 1.35 bits per heavy atom. The minimum atomic E-state index is -0.0591. The van der Waals surface area contributed by atoms with E-state index in [0.717, 1.165) is 21.8 Å². The second-order valence-corrected chi connectivity index (χ2v) is 6.20. The molecule has 1 amide bonds. The SMILES string of the molecule is O=C1[C@@H]2CSCN2C(=S)N1c1ccc(Br)cc1. The number of nitrogens with zero attached hydrogens (tertiary/aromatic N) is 2. The van der Waals surface area contributed by atoms with Gasteiger partial charge < -0.3 is 4.90 Å². The van der Waals surface area contributed by atoms with Crippen LogP contribution < -0.4 is 4.90 Å². The zero-order valence-electron chi connectivity index (χ0n) is 8.80. The van der Waals surface area contributed by atoms with Crippen molar-refractivity contribution in [2.24, 2.45) is 0 Å². The maximum absolute atomic E-state index is 12.3. The van der Waals surface area contributed by atoms with Gasteiger partial charge in [0.25, 0.3) is 5.91 Å². The van der Waals surface area contributed by atoms with Crippen LogP contribution in [-0.2, 0) is 4.79 Å². The Hall–Kier alpha value is -0.590. The van der Waals surface area contributed by atoms with E-state index in [1.165, 1.54) is 0 Å². The van der Waals surface area contributed by atoms with Crippen LogP contribution in [0.25, 0.3) is 0 Å². The van der Waals surface area contributed by atoms with Crippen LogP contribution in [0.5, 0.6) is 0 Å². The van der Waals surface area contributed by atoms with Crippen molar-refractivity contribution in [3.63, 3.8) is 0 Å². The van der Waals surface area contributed by atoms with E-state index in [2.05, 4.69) is 15.9 Å². The van der Waals surface area contributed by atoms with E-state index in [1.54, 1.807) is 16.7 Å². The smallest absolute Gasteiger partial charge is 0.256 e. The quantitative estimate of drug-likeness (QED) is 0.739. The number of carbonyl (C=O) groups excluding carboxylic acids is 1. The Morgan fingerprint density at radius 3 is 2.71 bits per heavy atom. The zero-order valence-corrected chi connectivity index (χ0v) is 12.0. The van der Waals surface area contributed by atoms with Crippen molar-refractivity contribution in [3.8, 4) is 0 Å². The third-order valence-electron chi connectivity index (χ3n) is 2.91. The predicted octanol–water partition coefficient (Wildman–Crippen LogP) is 2.46. The Morgan fingerprint density at radius 2 is 2.06 bits per heavy atom. The Bertz CT molecular complexity index is 469. The summed E-state index contributed by atoms with van der Waals surface area (Å²) in [4.78, 5) is 15.9. The number of halogens is 1. The summed E-state index contributed by atoms with van der Waals surface area (Å²) in [6, 6.07) is 7.59. The lowest BCUT2D eigenvalue weighted by Crippen LogP contribution is -2.32. The first kappa shape index (κ1) is 11.5. The van der Waals surface area contributed by atoms with Crippen LogP contribution in [0.1, 0.15) is 0 Å². The van der Waals surface area contributed by atoms with Gasteiger partial charge in [-0.1, -0.05) is 15.9 Å². The van der Waals surface area contributed by atoms with Gasteiger partial charge in [-0.3, -0.25) is 9.69 Å². The average molecular weight is 329 g/mol. The van der Waals surface area contributed by atoms with Gasteiger partial charge in [0, 0.05) is 10.2 Å². The molecule has 2 aliphatic heterocycles. The fourth-order valence-corrected chi connectivity index (χ4v) is 3.92. The number of carbonyl (C=O) groups is 1. The first-order valence-electron chi connectivity index (χ1n) is 5.16. The number of hydrogen-bond donors (Lipinski definition) is 0. The van der Waals surface area contributed by atoms with Gasteiger partial charge in [0.15, 0.2) is 5.11 Å². The molecule has 0 N–H and O–H groups in total. The fourth-order valence-electron chi connectivity index (χ4n) is 2.04. The van der Waals surface area contributed by atoms with E-state index in [-0.39, 0.29) is 11.9 Å². The molecule has 2 heterocycles. The number of anilines is 1. The maximum atomic E-state index is 12.3. The van der Waals surface area contributed by atoms with Crippen molar-refractivity contribution in [1.29, 1.82) is 0 Å². The first-order valence-corrected chi connectivity index (χ1v) is 7.52. The number of fused-ring (bicyclic) bond motifs is 1. The minimum Gasteiger partial charge on any atom is -0.326 e. The van der Waals surface area contributed by atoms with Gasteiger partial charge in [-0.25, -0.2) is 0 Å². The molecule has 0 spiro atoms. The molecule has 0 aliphatic carbocycles. The topological polar surface area (TPSA) is 23.6 Å². The monoisotopic (exact) mass is 328 g/mol. The van der Waals surface area contributed by atoms with Crippen molar-refractivity contribution in [2.75, 3.05) is 16.5 Å². The fraction of sp³-hybridized carbons (Fsp3) is 0.273. The highest BCUT2D eigenvalue weighted by atomic mass is 79.9. The molecule has 2 aliphatic rings. The average Bonchev–Trinajstić information content (AvgIpc) is 2.87. The molecule has 0 radical (unpaired) electrons. The first-order chi connectivity index (χ1) is 8.18. The second-order valence-electron chi connectivity index (χ2n) is 3.92. The minimum absolute atomic E-state index is 0.0591. The van der Waals surface area contributed by atoms with Gasteiger partial charge in [0.1, 0.15) is 6.04 Å². The molecule has 1 atom stereocenters. The summed E-state index contributed by atoms with van der Waals surface area (Å²) in [5.74, 6) is 1.76. The third-order valence-corrected chi connectivity index (χ3v) is 4.87. The standard InChI is InChI=1S/C11H9BrN2OS2/c12-7-1-3-8(4-2-7)14-10(15)9-5-17-6-13(9)11(14)16/h1-4,9H,5-6H2/t9-/m0/s1. The van der Waals surface area contributed by atoms with Gasteiger partial charge in [-0.15, -0.1) is 11.8 Å². The lowest BCUT2D eigenvalue weighted by molar-refractivity contribution is -0.118. The molecule has 3 nitrogen and oxygen atoms in total. The molecular formula is C11H9BrN2OS2. The van der Waals surface area contributed by atoms with Crippen LogP contribution in [0.3, 0.4) is 0 Å². The summed E-state index contributed by atoms with van der Waals surface area (Å²) in [6.45, 7) is 0. The van der Waals surface area contributed by atoms with Crippen LogP contribution in [0.15, 0.2) is 28.7 Å². The molecule has 2 fully saturated rings. The highest BCUT2D eigenvalue weighted by molar-refractivity contribution is 9.10. The molecule has 17 heavy (non-hydrogen) atoms. The highest BCUT2D eigenvalue weighted by Crippen LogP contribution is 2.33. The summed E-state index contributed by atoms with van der Waals surface area (Å²) in [5, 5.41) is 0.632. The van der Waals surface area contributed by atoms with Gasteiger partial charge >= 0.3 is 0 Å². The molecule has 2 saturated heterocycles. The molecular weight excluding hydrogens is 320 g/mol. The summed E-state index contributed by atoms with van der Waals surface area (Å²) in [5.41, 5.74) is 0.850. The lowest BCUT2D eigenvalue weighted by Gasteiger charge is -2.18. The van der Waals surface area contributed by atoms with E-state index < -0.39 is 0 Å². The van der Waals surface area contributed by atoms with Gasteiger partial charge in [-0.05, 0) is 36.5 Å². The van der Waals surface area contributed by atoms with E-state index in [0.29, 0.717) is 5.11 Å².